The average Bonchev–Trinajstić information content (AvgIpc) is 2.47. The number of rotatable bonds is 5. The van der Waals surface area contributed by atoms with E-state index in [0.717, 1.165) is 16.4 Å². The van der Waals surface area contributed by atoms with E-state index < -0.39 is 5.56 Å². The molecule has 0 radical (unpaired) electrons. The Balaban J connectivity index is 2.32. The quantitative estimate of drug-likeness (QED) is 0.673. The van der Waals surface area contributed by atoms with Crippen LogP contribution in [0.3, 0.4) is 0 Å². The molecule has 22 heavy (non-hydrogen) atoms. The number of methoxy groups -OCH3 is 1. The van der Waals surface area contributed by atoms with Crippen LogP contribution >= 0.6 is 12.2 Å². The van der Waals surface area contributed by atoms with Crippen LogP contribution in [0.5, 0.6) is 11.5 Å². The summed E-state index contributed by atoms with van der Waals surface area (Å²) in [6.07, 6.45) is 2.65. The lowest BCUT2D eigenvalue weighted by molar-refractivity contribution is 0.230. The van der Waals surface area contributed by atoms with E-state index in [1.165, 1.54) is 6.21 Å². The Morgan fingerprint density at radius 3 is 2.82 bits per heavy atom. The molecule has 0 fully saturated rings. The molecule has 0 amide bonds. The number of nitrogens with one attached hydrogen (secondary N) is 1. The fraction of sp³-hybridized carbons (Fsp3) is 0.286. The van der Waals surface area contributed by atoms with Gasteiger partial charge in [0, 0.05) is 0 Å². The van der Waals surface area contributed by atoms with E-state index >= 15 is 0 Å². The second kappa shape index (κ2) is 6.99. The van der Waals surface area contributed by atoms with Gasteiger partial charge in [0.05, 0.1) is 19.4 Å². The van der Waals surface area contributed by atoms with Crippen LogP contribution in [-0.2, 0) is 0 Å². The number of ether oxygens (including phenoxy) is 2. The molecule has 0 unspecified atom stereocenters. The van der Waals surface area contributed by atoms with Crippen LogP contribution in [0, 0.1) is 4.77 Å². The second-order valence-corrected chi connectivity index (χ2v) is 5.03. The number of hydrogen-bond acceptors (Lipinski definition) is 6. The normalized spacial score (nSPS) is 11.1. The Morgan fingerprint density at radius 2 is 2.18 bits per heavy atom. The van der Waals surface area contributed by atoms with Crippen LogP contribution in [0.25, 0.3) is 0 Å². The van der Waals surface area contributed by atoms with Crippen molar-refractivity contribution in [3.8, 4) is 11.5 Å². The van der Waals surface area contributed by atoms with Crippen molar-refractivity contribution in [1.82, 2.24) is 14.9 Å². The highest BCUT2D eigenvalue weighted by atomic mass is 32.1. The van der Waals surface area contributed by atoms with Crippen molar-refractivity contribution in [2.45, 2.75) is 20.0 Å². The summed E-state index contributed by atoms with van der Waals surface area (Å²) >= 11 is 4.96. The molecule has 1 heterocycles. The average molecular weight is 320 g/mol. The zero-order valence-corrected chi connectivity index (χ0v) is 13.3. The molecule has 1 aromatic carbocycles. The van der Waals surface area contributed by atoms with E-state index in [-0.39, 0.29) is 10.9 Å². The number of aromatic nitrogens is 3. The molecule has 0 aliphatic carbocycles. The minimum absolute atomic E-state index is 0.0436. The molecular formula is C14H16N4O3S. The first-order chi connectivity index (χ1) is 10.5. The van der Waals surface area contributed by atoms with Crippen LogP contribution in [0.4, 0.5) is 0 Å². The molecule has 0 atom stereocenters. The van der Waals surface area contributed by atoms with Crippen LogP contribution in [0.2, 0.25) is 0 Å². The van der Waals surface area contributed by atoms with Gasteiger partial charge < -0.3 is 9.47 Å². The van der Waals surface area contributed by atoms with Gasteiger partial charge in [-0.15, -0.1) is 0 Å². The lowest BCUT2D eigenvalue weighted by atomic mass is 10.2. The molecule has 116 valence electrons. The largest absolute Gasteiger partial charge is 0.493 e. The molecule has 0 bridgehead atoms. The molecule has 1 aromatic heterocycles. The van der Waals surface area contributed by atoms with Gasteiger partial charge in [-0.1, -0.05) is 0 Å². The first-order valence-corrected chi connectivity index (χ1v) is 6.98. The van der Waals surface area contributed by atoms with Crippen LogP contribution in [-0.4, -0.2) is 34.3 Å². The third-order valence-corrected chi connectivity index (χ3v) is 2.87. The van der Waals surface area contributed by atoms with Gasteiger partial charge in [0.2, 0.25) is 4.77 Å². The van der Waals surface area contributed by atoms with Gasteiger partial charge >= 0.3 is 0 Å². The van der Waals surface area contributed by atoms with Crippen LogP contribution in [0.1, 0.15) is 19.4 Å². The highest BCUT2D eigenvalue weighted by Gasteiger charge is 2.06. The zero-order chi connectivity index (χ0) is 16.1. The number of H-pyrrole nitrogens is 1. The van der Waals surface area contributed by atoms with E-state index in [9.17, 15) is 4.79 Å². The number of aromatic amines is 1. The molecule has 2 rings (SSSR count). The highest BCUT2D eigenvalue weighted by molar-refractivity contribution is 7.71. The SMILES string of the molecule is COc1cc(/C=N/n2c(=O)cn[nH]c2=S)ccc1OC(C)C. The third-order valence-electron chi connectivity index (χ3n) is 2.61. The maximum Gasteiger partial charge on any atom is 0.293 e. The fourth-order valence-electron chi connectivity index (χ4n) is 1.69. The molecule has 1 N–H and O–H groups in total. The van der Waals surface area contributed by atoms with Crippen molar-refractivity contribution in [2.24, 2.45) is 5.10 Å². The summed E-state index contributed by atoms with van der Waals surface area (Å²) in [5.41, 5.74) is 0.331. The molecule has 0 aliphatic heterocycles. The summed E-state index contributed by atoms with van der Waals surface area (Å²) in [5, 5.41) is 10.1. The zero-order valence-electron chi connectivity index (χ0n) is 12.4. The van der Waals surface area contributed by atoms with Crippen molar-refractivity contribution in [2.75, 3.05) is 7.11 Å². The third kappa shape index (κ3) is 3.79. The van der Waals surface area contributed by atoms with Crippen molar-refractivity contribution in [1.29, 1.82) is 0 Å². The van der Waals surface area contributed by atoms with E-state index in [1.807, 2.05) is 19.9 Å². The summed E-state index contributed by atoms with van der Waals surface area (Å²) in [6, 6.07) is 5.36. The van der Waals surface area contributed by atoms with Crippen molar-refractivity contribution in [3.05, 3.63) is 45.1 Å². The van der Waals surface area contributed by atoms with Gasteiger partial charge in [0.25, 0.3) is 5.56 Å². The van der Waals surface area contributed by atoms with Gasteiger partial charge in [0.1, 0.15) is 6.20 Å². The number of hydrogen-bond donors (Lipinski definition) is 1. The monoisotopic (exact) mass is 320 g/mol. The van der Waals surface area contributed by atoms with Gasteiger partial charge in [-0.05, 0) is 49.8 Å². The smallest absolute Gasteiger partial charge is 0.293 e. The highest BCUT2D eigenvalue weighted by Crippen LogP contribution is 2.28. The molecule has 8 heteroatoms. The molecule has 0 spiro atoms. The minimum atomic E-state index is -0.410. The summed E-state index contributed by atoms with van der Waals surface area (Å²) < 4.78 is 12.1. The molecule has 0 saturated heterocycles. The Hall–Kier alpha value is -2.48. The second-order valence-electron chi connectivity index (χ2n) is 4.65. The summed E-state index contributed by atoms with van der Waals surface area (Å²) in [5.74, 6) is 1.23. The van der Waals surface area contributed by atoms with Crippen molar-refractivity contribution >= 4 is 18.4 Å². The summed E-state index contributed by atoms with van der Waals surface area (Å²) in [7, 11) is 1.56. The lowest BCUT2D eigenvalue weighted by Crippen LogP contribution is -2.18. The molecule has 7 nitrogen and oxygen atoms in total. The van der Waals surface area contributed by atoms with Gasteiger partial charge in [-0.3, -0.25) is 9.89 Å². The van der Waals surface area contributed by atoms with Crippen LogP contribution < -0.4 is 15.0 Å². The standard InChI is InChI=1S/C14H16N4O3S/c1-9(2)21-11-5-4-10(6-12(11)20-3)7-16-18-13(19)8-15-17-14(18)22/h4-9H,1-3H3,(H,17,22)/b16-7+. The maximum atomic E-state index is 11.6. The number of benzene rings is 1. The molecule has 0 aliphatic rings. The first kappa shape index (κ1) is 15.9. The van der Waals surface area contributed by atoms with E-state index in [2.05, 4.69) is 15.3 Å². The van der Waals surface area contributed by atoms with E-state index in [1.54, 1.807) is 19.2 Å². The van der Waals surface area contributed by atoms with Gasteiger partial charge in [-0.2, -0.15) is 14.9 Å². The summed E-state index contributed by atoms with van der Waals surface area (Å²) in [6.45, 7) is 3.87. The van der Waals surface area contributed by atoms with Crippen molar-refractivity contribution in [3.63, 3.8) is 0 Å². The molecule has 2 aromatic rings. The molecular weight excluding hydrogens is 304 g/mol. The fourth-order valence-corrected chi connectivity index (χ4v) is 1.88. The Labute approximate surface area is 132 Å². The van der Waals surface area contributed by atoms with Gasteiger partial charge in [0.15, 0.2) is 11.5 Å². The predicted molar refractivity (Wildman–Crippen MR) is 85.4 cm³/mol. The van der Waals surface area contributed by atoms with Crippen LogP contribution in [0.15, 0.2) is 34.3 Å². The topological polar surface area (TPSA) is 81.5 Å². The maximum absolute atomic E-state index is 11.6. The lowest BCUT2D eigenvalue weighted by Gasteiger charge is -2.13. The molecule has 0 saturated carbocycles. The van der Waals surface area contributed by atoms with Crippen molar-refractivity contribution < 1.29 is 9.47 Å². The first-order valence-electron chi connectivity index (χ1n) is 6.57. The minimum Gasteiger partial charge on any atom is -0.493 e. The van der Waals surface area contributed by atoms with E-state index in [4.69, 9.17) is 21.7 Å². The Morgan fingerprint density at radius 1 is 1.41 bits per heavy atom. The van der Waals surface area contributed by atoms with E-state index in [0.29, 0.717) is 11.5 Å². The predicted octanol–water partition coefficient (Wildman–Crippen LogP) is 1.98. The summed E-state index contributed by atoms with van der Waals surface area (Å²) in [4.78, 5) is 11.6. The number of nitrogens with zero attached hydrogens (tertiary/aromatic N) is 3. The van der Waals surface area contributed by atoms with Gasteiger partial charge in [-0.25, -0.2) is 0 Å². The Bertz CT molecular complexity index is 767. The Kier molecular flexibility index (Phi) is 5.05.